The molecule has 2 rings (SSSR count). The smallest absolute Gasteiger partial charge is 0.0915 e. The average Bonchev–Trinajstić information content (AvgIpc) is 2.81. The monoisotopic (exact) mass is 267 g/mol. The van der Waals surface area contributed by atoms with E-state index in [9.17, 15) is 0 Å². The van der Waals surface area contributed by atoms with Crippen molar-refractivity contribution in [1.82, 2.24) is 14.1 Å². The van der Waals surface area contributed by atoms with Crippen LogP contribution in [0.5, 0.6) is 0 Å². The zero-order valence-electron chi connectivity index (χ0n) is 9.77. The van der Waals surface area contributed by atoms with Gasteiger partial charge in [-0.2, -0.15) is 8.75 Å². The molecule has 0 bridgehead atoms. The van der Waals surface area contributed by atoms with E-state index in [-0.39, 0.29) is 6.04 Å². The summed E-state index contributed by atoms with van der Waals surface area (Å²) in [4.78, 5) is 0. The third-order valence-corrected chi connectivity index (χ3v) is 3.56. The number of rotatable bonds is 4. The second kappa shape index (κ2) is 5.58. The second-order valence-corrected chi connectivity index (χ2v) is 4.94. The summed E-state index contributed by atoms with van der Waals surface area (Å²) in [6.45, 7) is 2.04. The Balaban J connectivity index is 2.19. The maximum absolute atomic E-state index is 6.23. The van der Waals surface area contributed by atoms with Crippen molar-refractivity contribution in [2.24, 2.45) is 0 Å². The second-order valence-electron chi connectivity index (χ2n) is 3.97. The first-order valence-corrected chi connectivity index (χ1v) is 6.51. The largest absolute Gasteiger partial charge is 0.311 e. The van der Waals surface area contributed by atoms with Crippen molar-refractivity contribution in [1.29, 1.82) is 0 Å². The number of aryl methyl sites for hydroxylation is 1. The molecule has 2 aromatic rings. The molecule has 0 amide bonds. The first kappa shape index (κ1) is 12.5. The van der Waals surface area contributed by atoms with E-state index >= 15 is 0 Å². The Kier molecular flexibility index (Phi) is 4.10. The fraction of sp³-hybridized carbons (Fsp3) is 0.333. The molecule has 1 aromatic carbocycles. The van der Waals surface area contributed by atoms with E-state index in [1.165, 1.54) is 17.3 Å². The van der Waals surface area contributed by atoms with Gasteiger partial charge in [0.1, 0.15) is 0 Å². The molecule has 0 saturated carbocycles. The molecule has 3 nitrogen and oxygen atoms in total. The van der Waals surface area contributed by atoms with E-state index < -0.39 is 0 Å². The van der Waals surface area contributed by atoms with Gasteiger partial charge in [0.05, 0.1) is 29.7 Å². The molecular formula is C12H14ClN3S. The number of benzene rings is 1. The Morgan fingerprint density at radius 1 is 1.47 bits per heavy atom. The van der Waals surface area contributed by atoms with E-state index in [0.29, 0.717) is 0 Å². The van der Waals surface area contributed by atoms with E-state index in [4.69, 9.17) is 11.6 Å². The van der Waals surface area contributed by atoms with Crippen molar-refractivity contribution in [3.63, 3.8) is 0 Å². The molecule has 0 aliphatic heterocycles. The minimum Gasteiger partial charge on any atom is -0.311 e. The van der Waals surface area contributed by atoms with Gasteiger partial charge in [-0.15, -0.1) is 0 Å². The lowest BCUT2D eigenvalue weighted by atomic mass is 10.0. The van der Waals surface area contributed by atoms with Crippen LogP contribution in [0.3, 0.4) is 0 Å². The summed E-state index contributed by atoms with van der Waals surface area (Å²) in [6, 6.07) is 6.30. The Morgan fingerprint density at radius 3 is 2.88 bits per heavy atom. The number of aromatic nitrogens is 2. The molecule has 5 heteroatoms. The fourth-order valence-corrected chi connectivity index (χ4v) is 2.50. The first-order valence-electron chi connectivity index (χ1n) is 5.40. The van der Waals surface area contributed by atoms with Crippen LogP contribution >= 0.6 is 23.3 Å². The maximum atomic E-state index is 6.23. The SMILES string of the molecule is CNC(Cc1ccc(C)cc1Cl)c1cnsn1. The number of nitrogens with zero attached hydrogens (tertiary/aromatic N) is 2. The van der Waals surface area contributed by atoms with Gasteiger partial charge in [0.15, 0.2) is 0 Å². The molecular weight excluding hydrogens is 254 g/mol. The molecule has 1 aromatic heterocycles. The first-order chi connectivity index (χ1) is 8.20. The van der Waals surface area contributed by atoms with E-state index in [0.717, 1.165) is 22.7 Å². The Morgan fingerprint density at radius 2 is 2.29 bits per heavy atom. The average molecular weight is 268 g/mol. The molecule has 1 unspecified atom stereocenters. The van der Waals surface area contributed by atoms with Crippen LogP contribution in [0.25, 0.3) is 0 Å². The molecule has 0 saturated heterocycles. The number of hydrogen-bond donors (Lipinski definition) is 1. The minimum atomic E-state index is 0.161. The van der Waals surface area contributed by atoms with Crippen LogP contribution in [0.4, 0.5) is 0 Å². The molecule has 0 fully saturated rings. The highest BCUT2D eigenvalue weighted by atomic mass is 35.5. The summed E-state index contributed by atoms with van der Waals surface area (Å²) in [5.74, 6) is 0. The van der Waals surface area contributed by atoms with Gasteiger partial charge in [-0.25, -0.2) is 0 Å². The van der Waals surface area contributed by atoms with Gasteiger partial charge in [-0.05, 0) is 37.6 Å². The van der Waals surface area contributed by atoms with E-state index in [1.807, 2.05) is 20.0 Å². The highest BCUT2D eigenvalue weighted by molar-refractivity contribution is 6.99. The summed E-state index contributed by atoms with van der Waals surface area (Å²) in [7, 11) is 1.92. The van der Waals surface area contributed by atoms with Crippen molar-refractivity contribution in [3.8, 4) is 0 Å². The van der Waals surface area contributed by atoms with Crippen molar-refractivity contribution < 1.29 is 0 Å². The van der Waals surface area contributed by atoms with Gasteiger partial charge in [0.2, 0.25) is 0 Å². The van der Waals surface area contributed by atoms with Gasteiger partial charge in [0, 0.05) is 5.02 Å². The number of hydrogen-bond acceptors (Lipinski definition) is 4. The van der Waals surface area contributed by atoms with Crippen molar-refractivity contribution in [2.75, 3.05) is 7.05 Å². The summed E-state index contributed by atoms with van der Waals surface area (Å²) in [6.07, 6.45) is 2.62. The van der Waals surface area contributed by atoms with Crippen molar-refractivity contribution in [2.45, 2.75) is 19.4 Å². The Bertz CT molecular complexity index is 485. The van der Waals surface area contributed by atoms with Gasteiger partial charge in [-0.3, -0.25) is 0 Å². The Labute approximate surface area is 110 Å². The van der Waals surface area contributed by atoms with Gasteiger partial charge in [0.25, 0.3) is 0 Å². The number of halogens is 1. The quantitative estimate of drug-likeness (QED) is 0.925. The van der Waals surface area contributed by atoms with Crippen molar-refractivity contribution in [3.05, 3.63) is 46.2 Å². The maximum Gasteiger partial charge on any atom is 0.0915 e. The molecule has 1 heterocycles. The summed E-state index contributed by atoms with van der Waals surface area (Å²) < 4.78 is 8.28. The van der Waals surface area contributed by atoms with Gasteiger partial charge >= 0.3 is 0 Å². The van der Waals surface area contributed by atoms with E-state index in [2.05, 4.69) is 26.2 Å². The van der Waals surface area contributed by atoms with Gasteiger partial charge < -0.3 is 5.32 Å². The van der Waals surface area contributed by atoms with Crippen molar-refractivity contribution >= 4 is 23.3 Å². The third-order valence-electron chi connectivity index (χ3n) is 2.72. The minimum absolute atomic E-state index is 0.161. The van der Waals surface area contributed by atoms with Crippen LogP contribution in [0.2, 0.25) is 5.02 Å². The molecule has 0 aliphatic rings. The molecule has 0 radical (unpaired) electrons. The predicted octanol–water partition coefficient (Wildman–Crippen LogP) is 3.00. The summed E-state index contributed by atoms with van der Waals surface area (Å²) in [5, 5.41) is 4.05. The van der Waals surface area contributed by atoms with E-state index in [1.54, 1.807) is 6.20 Å². The molecule has 0 spiro atoms. The molecule has 17 heavy (non-hydrogen) atoms. The molecule has 1 atom stereocenters. The molecule has 90 valence electrons. The Hall–Kier alpha value is -0.970. The number of likely N-dealkylation sites (N-methyl/N-ethyl adjacent to an activating group) is 1. The lowest BCUT2D eigenvalue weighted by Gasteiger charge is -2.14. The summed E-state index contributed by atoms with van der Waals surface area (Å²) >= 11 is 7.46. The predicted molar refractivity (Wildman–Crippen MR) is 71.6 cm³/mol. The summed E-state index contributed by atoms with van der Waals surface area (Å²) in [5.41, 5.74) is 3.27. The van der Waals surface area contributed by atoms with Crippen LogP contribution in [0.1, 0.15) is 22.9 Å². The van der Waals surface area contributed by atoms with Crippen LogP contribution in [0, 0.1) is 6.92 Å². The van der Waals surface area contributed by atoms with Gasteiger partial charge in [-0.1, -0.05) is 23.7 Å². The van der Waals surface area contributed by atoms with Crippen LogP contribution in [0.15, 0.2) is 24.4 Å². The molecule has 1 N–H and O–H groups in total. The number of nitrogens with one attached hydrogen (secondary N) is 1. The standard InChI is InChI=1S/C12H14ClN3S/c1-8-3-4-9(10(13)5-8)6-11(14-2)12-7-15-17-16-12/h3-5,7,11,14H,6H2,1-2H3. The van der Waals surface area contributed by atoms with Crippen LogP contribution in [-0.2, 0) is 6.42 Å². The zero-order valence-corrected chi connectivity index (χ0v) is 11.3. The lowest BCUT2D eigenvalue weighted by Crippen LogP contribution is -2.19. The fourth-order valence-electron chi connectivity index (χ4n) is 1.72. The molecule has 0 aliphatic carbocycles. The lowest BCUT2D eigenvalue weighted by molar-refractivity contribution is 0.580. The third kappa shape index (κ3) is 3.03. The van der Waals surface area contributed by atoms with Crippen LogP contribution < -0.4 is 5.32 Å². The highest BCUT2D eigenvalue weighted by Crippen LogP contribution is 2.23. The topological polar surface area (TPSA) is 37.8 Å². The zero-order chi connectivity index (χ0) is 12.3. The normalized spacial score (nSPS) is 12.6. The highest BCUT2D eigenvalue weighted by Gasteiger charge is 2.14. The van der Waals surface area contributed by atoms with Crippen LogP contribution in [-0.4, -0.2) is 15.8 Å².